The Labute approximate surface area is 132 Å². The van der Waals surface area contributed by atoms with E-state index in [-0.39, 0.29) is 0 Å². The highest BCUT2D eigenvalue weighted by molar-refractivity contribution is 5.59. The van der Waals surface area contributed by atoms with E-state index >= 15 is 0 Å². The summed E-state index contributed by atoms with van der Waals surface area (Å²) in [7, 11) is 0. The maximum atomic E-state index is 8.71. The molecule has 0 amide bonds. The predicted molar refractivity (Wildman–Crippen MR) is 87.6 cm³/mol. The van der Waals surface area contributed by atoms with Gasteiger partial charge in [0.15, 0.2) is 0 Å². The molecule has 3 rings (SSSR count). The molecular formula is C18H22N4. The van der Waals surface area contributed by atoms with Gasteiger partial charge in [-0.05, 0) is 49.9 Å². The maximum Gasteiger partial charge on any atom is 0.0622 e. The topological polar surface area (TPSA) is 54.1 Å². The Morgan fingerprint density at radius 3 is 1.50 bits per heavy atom. The van der Waals surface area contributed by atoms with Crippen LogP contribution in [0.1, 0.15) is 38.5 Å². The molecule has 0 bridgehead atoms. The lowest BCUT2D eigenvalue weighted by atomic mass is 9.95. The Balaban J connectivity index is 1.59. The van der Waals surface area contributed by atoms with E-state index < -0.39 is 0 Å². The molecule has 0 spiro atoms. The van der Waals surface area contributed by atoms with Gasteiger partial charge in [0.05, 0.1) is 12.1 Å². The standard InChI is InChI=1S/C18H22N4/c19-11-1-3-15-9-13-21(15)17-5-7-18(8-6-17)22-14-10-16(22)4-2-12-20/h5-8,15-16H,1-4,9-10,13-14H2/t15-,16+. The molecular weight excluding hydrogens is 272 g/mol. The molecule has 2 aliphatic heterocycles. The first-order chi connectivity index (χ1) is 10.8. The summed E-state index contributed by atoms with van der Waals surface area (Å²) in [5.41, 5.74) is 2.54. The van der Waals surface area contributed by atoms with Crippen molar-refractivity contribution >= 4 is 11.4 Å². The highest BCUT2D eigenvalue weighted by Gasteiger charge is 2.29. The fourth-order valence-corrected chi connectivity index (χ4v) is 3.46. The lowest BCUT2D eigenvalue weighted by Crippen LogP contribution is -2.48. The molecule has 114 valence electrons. The van der Waals surface area contributed by atoms with Crippen LogP contribution >= 0.6 is 0 Å². The van der Waals surface area contributed by atoms with Crippen molar-refractivity contribution in [1.29, 1.82) is 10.5 Å². The Morgan fingerprint density at radius 2 is 1.23 bits per heavy atom. The van der Waals surface area contributed by atoms with Crippen LogP contribution in [0.5, 0.6) is 0 Å². The Hall–Kier alpha value is -2.20. The number of anilines is 2. The molecule has 0 N–H and O–H groups in total. The third kappa shape index (κ3) is 2.88. The molecule has 2 fully saturated rings. The van der Waals surface area contributed by atoms with Crippen LogP contribution in [0.4, 0.5) is 11.4 Å². The van der Waals surface area contributed by atoms with Gasteiger partial charge in [-0.1, -0.05) is 0 Å². The van der Waals surface area contributed by atoms with Crippen LogP contribution in [0.3, 0.4) is 0 Å². The van der Waals surface area contributed by atoms with E-state index in [2.05, 4.69) is 46.2 Å². The van der Waals surface area contributed by atoms with E-state index in [1.165, 1.54) is 24.2 Å². The van der Waals surface area contributed by atoms with E-state index in [0.717, 1.165) is 25.9 Å². The fraction of sp³-hybridized carbons (Fsp3) is 0.556. The van der Waals surface area contributed by atoms with Crippen LogP contribution in [0, 0.1) is 22.7 Å². The lowest BCUT2D eigenvalue weighted by Gasteiger charge is -2.44. The lowest BCUT2D eigenvalue weighted by molar-refractivity contribution is 0.424. The first-order valence-corrected chi connectivity index (χ1v) is 8.20. The smallest absolute Gasteiger partial charge is 0.0622 e. The van der Waals surface area contributed by atoms with Gasteiger partial charge >= 0.3 is 0 Å². The van der Waals surface area contributed by atoms with Crippen LogP contribution in [0.2, 0.25) is 0 Å². The van der Waals surface area contributed by atoms with E-state index in [4.69, 9.17) is 10.5 Å². The van der Waals surface area contributed by atoms with Crippen molar-refractivity contribution in [1.82, 2.24) is 0 Å². The summed E-state index contributed by atoms with van der Waals surface area (Å²) in [6.07, 6.45) is 5.64. The molecule has 1 aromatic rings. The number of rotatable bonds is 6. The zero-order valence-electron chi connectivity index (χ0n) is 12.9. The van der Waals surface area contributed by atoms with Gasteiger partial charge in [-0.15, -0.1) is 0 Å². The summed E-state index contributed by atoms with van der Waals surface area (Å²) in [4.78, 5) is 4.81. The highest BCUT2D eigenvalue weighted by Crippen LogP contribution is 2.33. The molecule has 2 aliphatic rings. The molecule has 4 heteroatoms. The minimum atomic E-state index is 0.540. The molecule has 2 heterocycles. The number of nitriles is 2. The fourth-order valence-electron chi connectivity index (χ4n) is 3.46. The third-order valence-electron chi connectivity index (χ3n) is 4.98. The van der Waals surface area contributed by atoms with Crippen molar-refractivity contribution in [2.24, 2.45) is 0 Å². The summed E-state index contributed by atoms with van der Waals surface area (Å²) in [5.74, 6) is 0. The SMILES string of the molecule is N#CCC[C@@H]1CCN1c1ccc(N2CC[C@@H]2CCC#N)cc1. The molecule has 2 atom stereocenters. The predicted octanol–water partition coefficient (Wildman–Crippen LogP) is 3.45. The summed E-state index contributed by atoms with van der Waals surface area (Å²) in [6, 6.07) is 14.4. The van der Waals surface area contributed by atoms with E-state index in [9.17, 15) is 0 Å². The maximum absolute atomic E-state index is 8.71. The molecule has 0 unspecified atom stereocenters. The van der Waals surface area contributed by atoms with Crippen molar-refractivity contribution in [2.75, 3.05) is 22.9 Å². The largest absolute Gasteiger partial charge is 0.368 e. The van der Waals surface area contributed by atoms with E-state index in [1.54, 1.807) is 0 Å². The van der Waals surface area contributed by atoms with Gasteiger partial charge in [-0.25, -0.2) is 0 Å². The summed E-state index contributed by atoms with van der Waals surface area (Å²) >= 11 is 0. The highest BCUT2D eigenvalue weighted by atomic mass is 15.2. The van der Waals surface area contributed by atoms with Gasteiger partial charge in [0.25, 0.3) is 0 Å². The van der Waals surface area contributed by atoms with Crippen molar-refractivity contribution in [3.8, 4) is 12.1 Å². The van der Waals surface area contributed by atoms with E-state index in [1.807, 2.05) is 0 Å². The van der Waals surface area contributed by atoms with Crippen LogP contribution in [0.15, 0.2) is 24.3 Å². The summed E-state index contributed by atoms with van der Waals surface area (Å²) < 4.78 is 0. The molecule has 1 aromatic carbocycles. The molecule has 0 aliphatic carbocycles. The van der Waals surface area contributed by atoms with Gasteiger partial charge in [0.2, 0.25) is 0 Å². The first-order valence-electron chi connectivity index (χ1n) is 8.20. The van der Waals surface area contributed by atoms with Crippen molar-refractivity contribution in [3.63, 3.8) is 0 Å². The van der Waals surface area contributed by atoms with Gasteiger partial charge in [-0.2, -0.15) is 10.5 Å². The first kappa shape index (κ1) is 14.7. The third-order valence-corrected chi connectivity index (χ3v) is 4.98. The molecule has 0 radical (unpaired) electrons. The zero-order valence-corrected chi connectivity index (χ0v) is 12.9. The second-order valence-electron chi connectivity index (χ2n) is 6.18. The Kier molecular flexibility index (Phi) is 4.49. The monoisotopic (exact) mass is 294 g/mol. The minimum Gasteiger partial charge on any atom is -0.368 e. The number of hydrogen-bond acceptors (Lipinski definition) is 4. The average Bonchev–Trinajstić information content (AvgIpc) is 2.48. The van der Waals surface area contributed by atoms with Gasteiger partial charge in [-0.3, -0.25) is 0 Å². The van der Waals surface area contributed by atoms with Gasteiger partial charge in [0.1, 0.15) is 0 Å². The Bertz CT molecular complexity index is 528. The molecule has 0 saturated carbocycles. The second kappa shape index (κ2) is 6.71. The van der Waals surface area contributed by atoms with Crippen molar-refractivity contribution in [2.45, 2.75) is 50.6 Å². The number of hydrogen-bond donors (Lipinski definition) is 0. The Morgan fingerprint density at radius 1 is 0.818 bits per heavy atom. The number of nitrogens with zero attached hydrogens (tertiary/aromatic N) is 4. The van der Waals surface area contributed by atoms with Crippen LogP contribution in [-0.4, -0.2) is 25.2 Å². The van der Waals surface area contributed by atoms with Gasteiger partial charge in [0, 0.05) is 49.4 Å². The summed E-state index contributed by atoms with van der Waals surface area (Å²) in [5, 5.41) is 17.4. The van der Waals surface area contributed by atoms with Crippen LogP contribution < -0.4 is 9.80 Å². The number of benzene rings is 1. The zero-order chi connectivity index (χ0) is 15.4. The van der Waals surface area contributed by atoms with Gasteiger partial charge < -0.3 is 9.80 Å². The van der Waals surface area contributed by atoms with Crippen LogP contribution in [-0.2, 0) is 0 Å². The molecule has 22 heavy (non-hydrogen) atoms. The second-order valence-corrected chi connectivity index (χ2v) is 6.18. The molecule has 0 aromatic heterocycles. The molecule has 4 nitrogen and oxygen atoms in total. The average molecular weight is 294 g/mol. The molecule has 2 saturated heterocycles. The normalized spacial score (nSPS) is 23.2. The van der Waals surface area contributed by atoms with Crippen molar-refractivity contribution in [3.05, 3.63) is 24.3 Å². The summed E-state index contributed by atoms with van der Waals surface area (Å²) in [6.45, 7) is 2.20. The quantitative estimate of drug-likeness (QED) is 0.806. The minimum absolute atomic E-state index is 0.540. The van der Waals surface area contributed by atoms with E-state index in [0.29, 0.717) is 24.9 Å². The van der Waals surface area contributed by atoms with Crippen LogP contribution in [0.25, 0.3) is 0 Å². The van der Waals surface area contributed by atoms with Crippen molar-refractivity contribution < 1.29 is 0 Å².